The van der Waals surface area contributed by atoms with Gasteiger partial charge in [0.15, 0.2) is 0 Å². The van der Waals surface area contributed by atoms with E-state index in [1.54, 1.807) is 7.11 Å². The van der Waals surface area contributed by atoms with Gasteiger partial charge in [0.25, 0.3) is 0 Å². The van der Waals surface area contributed by atoms with Crippen LogP contribution < -0.4 is 10.5 Å². The first-order chi connectivity index (χ1) is 6.43. The van der Waals surface area contributed by atoms with E-state index in [0.717, 1.165) is 0 Å². The average Bonchev–Trinajstić information content (AvgIpc) is 1.93. The van der Waals surface area contributed by atoms with Crippen LogP contribution in [0, 0.1) is 0 Å². The minimum Gasteiger partial charge on any atom is -0.392 e. The molecule has 0 aliphatic heterocycles. The summed E-state index contributed by atoms with van der Waals surface area (Å²) in [5, 5.41) is 0. The van der Waals surface area contributed by atoms with Crippen molar-refractivity contribution < 1.29 is 13.2 Å². The van der Waals surface area contributed by atoms with Crippen molar-refractivity contribution in [2.75, 3.05) is 12.9 Å². The van der Waals surface area contributed by atoms with Gasteiger partial charge >= 0.3 is 0 Å². The molecule has 7 heteroatoms. The van der Waals surface area contributed by atoms with E-state index in [4.69, 9.17) is 10.5 Å². The van der Waals surface area contributed by atoms with Gasteiger partial charge in [0, 0.05) is 13.2 Å². The number of hydrogen-bond acceptors (Lipinski definition) is 4. The van der Waals surface area contributed by atoms with Crippen LogP contribution in [-0.2, 0) is 14.8 Å². The molecule has 0 bridgehead atoms. The Morgan fingerprint density at radius 3 is 2.64 bits per heavy atom. The SMILES string of the molecule is COC1CC(NS(=O)(=O)CC(N)=S)C1. The van der Waals surface area contributed by atoms with E-state index >= 15 is 0 Å². The van der Waals surface area contributed by atoms with E-state index in [2.05, 4.69) is 16.9 Å². The highest BCUT2D eigenvalue weighted by Gasteiger charge is 2.32. The summed E-state index contributed by atoms with van der Waals surface area (Å²) < 4.78 is 30.2. The fourth-order valence-corrected chi connectivity index (χ4v) is 2.96. The van der Waals surface area contributed by atoms with Crippen molar-refractivity contribution in [3.05, 3.63) is 0 Å². The highest BCUT2D eigenvalue weighted by Crippen LogP contribution is 2.22. The Bertz CT molecular complexity index is 309. The van der Waals surface area contributed by atoms with Gasteiger partial charge in [0.05, 0.1) is 11.1 Å². The molecule has 1 aliphatic carbocycles. The predicted octanol–water partition coefficient (Wildman–Crippen LogP) is -0.631. The fraction of sp³-hybridized carbons (Fsp3) is 0.857. The number of thiocarbonyl (C=S) groups is 1. The molecular weight excluding hydrogens is 224 g/mol. The largest absolute Gasteiger partial charge is 0.392 e. The molecule has 0 unspecified atom stereocenters. The van der Waals surface area contributed by atoms with Crippen LogP contribution in [0.4, 0.5) is 0 Å². The quantitative estimate of drug-likeness (QED) is 0.623. The van der Waals surface area contributed by atoms with Crippen molar-refractivity contribution in [3.8, 4) is 0 Å². The van der Waals surface area contributed by atoms with E-state index in [1.165, 1.54) is 0 Å². The molecule has 1 saturated carbocycles. The molecular formula is C7H14N2O3S2. The summed E-state index contributed by atoms with van der Waals surface area (Å²) in [6.45, 7) is 0. The monoisotopic (exact) mass is 238 g/mol. The van der Waals surface area contributed by atoms with Gasteiger partial charge in [-0.3, -0.25) is 0 Å². The summed E-state index contributed by atoms with van der Waals surface area (Å²) >= 11 is 4.53. The van der Waals surface area contributed by atoms with Crippen molar-refractivity contribution in [2.24, 2.45) is 5.73 Å². The van der Waals surface area contributed by atoms with Crippen LogP contribution >= 0.6 is 12.2 Å². The maximum Gasteiger partial charge on any atom is 0.218 e. The minimum atomic E-state index is -3.34. The number of nitrogens with one attached hydrogen (secondary N) is 1. The minimum absolute atomic E-state index is 0.0138. The van der Waals surface area contributed by atoms with Crippen LogP contribution in [0.2, 0.25) is 0 Å². The van der Waals surface area contributed by atoms with Gasteiger partial charge in [-0.25, -0.2) is 13.1 Å². The zero-order valence-corrected chi connectivity index (χ0v) is 9.53. The van der Waals surface area contributed by atoms with E-state index in [1.807, 2.05) is 0 Å². The molecule has 82 valence electrons. The number of rotatable bonds is 5. The Balaban J connectivity index is 2.35. The van der Waals surface area contributed by atoms with E-state index in [-0.39, 0.29) is 22.9 Å². The summed E-state index contributed by atoms with van der Waals surface area (Å²) in [5.74, 6) is -0.281. The highest BCUT2D eigenvalue weighted by molar-refractivity contribution is 7.92. The summed E-state index contributed by atoms with van der Waals surface area (Å²) in [5.41, 5.74) is 5.15. The molecule has 0 aromatic carbocycles. The number of hydrogen-bond donors (Lipinski definition) is 2. The molecule has 1 aliphatic rings. The number of methoxy groups -OCH3 is 1. The normalized spacial score (nSPS) is 26.9. The lowest BCUT2D eigenvalue weighted by Crippen LogP contribution is -2.49. The van der Waals surface area contributed by atoms with Crippen molar-refractivity contribution in [3.63, 3.8) is 0 Å². The first kappa shape index (κ1) is 11.8. The second kappa shape index (κ2) is 4.52. The molecule has 3 N–H and O–H groups in total. The lowest BCUT2D eigenvalue weighted by molar-refractivity contribution is 0.0236. The molecule has 14 heavy (non-hydrogen) atoms. The first-order valence-corrected chi connectivity index (χ1v) is 6.30. The van der Waals surface area contributed by atoms with Gasteiger partial charge in [-0.2, -0.15) is 0 Å². The maximum absolute atomic E-state index is 11.3. The Morgan fingerprint density at radius 1 is 1.64 bits per heavy atom. The summed E-state index contributed by atoms with van der Waals surface area (Å²) in [6, 6.07) is -0.0284. The lowest BCUT2D eigenvalue weighted by Gasteiger charge is -2.34. The maximum atomic E-state index is 11.3. The lowest BCUT2D eigenvalue weighted by atomic mass is 9.90. The van der Waals surface area contributed by atoms with Gasteiger partial charge in [-0.1, -0.05) is 12.2 Å². The Labute approximate surface area is 89.0 Å². The molecule has 0 heterocycles. The third-order valence-corrected chi connectivity index (χ3v) is 3.82. The van der Waals surface area contributed by atoms with Crippen LogP contribution in [0.15, 0.2) is 0 Å². The third kappa shape index (κ3) is 3.49. The zero-order chi connectivity index (χ0) is 10.8. The summed E-state index contributed by atoms with van der Waals surface area (Å²) in [6.07, 6.45) is 1.60. The van der Waals surface area contributed by atoms with Crippen LogP contribution in [0.1, 0.15) is 12.8 Å². The Morgan fingerprint density at radius 2 is 2.21 bits per heavy atom. The third-order valence-electron chi connectivity index (χ3n) is 2.11. The second-order valence-corrected chi connectivity index (χ2v) is 5.65. The Kier molecular flexibility index (Phi) is 3.82. The average molecular weight is 238 g/mol. The van der Waals surface area contributed by atoms with Crippen LogP contribution in [-0.4, -0.2) is 38.4 Å². The van der Waals surface area contributed by atoms with Gasteiger partial charge in [0.1, 0.15) is 5.75 Å². The predicted molar refractivity (Wildman–Crippen MR) is 57.5 cm³/mol. The van der Waals surface area contributed by atoms with Gasteiger partial charge < -0.3 is 10.5 Å². The molecule has 0 amide bonds. The standard InChI is InChI=1S/C7H14N2O3S2/c1-12-6-2-5(3-6)9-14(10,11)4-7(8)13/h5-6,9H,2-4H2,1H3,(H2,8,13). The van der Waals surface area contributed by atoms with Gasteiger partial charge in [-0.15, -0.1) is 0 Å². The molecule has 0 radical (unpaired) electrons. The molecule has 5 nitrogen and oxygen atoms in total. The van der Waals surface area contributed by atoms with Crippen molar-refractivity contribution in [2.45, 2.75) is 25.0 Å². The van der Waals surface area contributed by atoms with Crippen molar-refractivity contribution in [1.29, 1.82) is 0 Å². The van der Waals surface area contributed by atoms with E-state index in [9.17, 15) is 8.42 Å². The molecule has 0 aromatic heterocycles. The van der Waals surface area contributed by atoms with Crippen molar-refractivity contribution >= 4 is 27.2 Å². The van der Waals surface area contributed by atoms with E-state index < -0.39 is 10.0 Å². The smallest absolute Gasteiger partial charge is 0.218 e. The Hall–Kier alpha value is -0.240. The molecule has 0 spiro atoms. The van der Waals surface area contributed by atoms with Crippen LogP contribution in [0.5, 0.6) is 0 Å². The number of ether oxygens (including phenoxy) is 1. The molecule has 0 saturated heterocycles. The molecule has 0 aromatic rings. The number of nitrogens with two attached hydrogens (primary N) is 1. The molecule has 0 atom stereocenters. The first-order valence-electron chi connectivity index (χ1n) is 4.24. The fourth-order valence-electron chi connectivity index (χ4n) is 1.34. The summed E-state index contributed by atoms with van der Waals surface area (Å²) in [7, 11) is -1.73. The second-order valence-electron chi connectivity index (χ2n) is 3.37. The topological polar surface area (TPSA) is 81.4 Å². The van der Waals surface area contributed by atoms with Gasteiger partial charge in [-0.05, 0) is 12.8 Å². The molecule has 1 rings (SSSR count). The van der Waals surface area contributed by atoms with E-state index in [0.29, 0.717) is 12.8 Å². The van der Waals surface area contributed by atoms with Crippen molar-refractivity contribution in [1.82, 2.24) is 4.72 Å². The molecule has 1 fully saturated rings. The summed E-state index contributed by atoms with van der Waals surface area (Å²) in [4.78, 5) is -0.0138. The van der Waals surface area contributed by atoms with Crippen LogP contribution in [0.3, 0.4) is 0 Å². The zero-order valence-electron chi connectivity index (χ0n) is 7.89. The number of sulfonamides is 1. The highest BCUT2D eigenvalue weighted by atomic mass is 32.2. The van der Waals surface area contributed by atoms with Gasteiger partial charge in [0.2, 0.25) is 10.0 Å². The van der Waals surface area contributed by atoms with Crippen LogP contribution in [0.25, 0.3) is 0 Å².